The average molecular weight is 391 g/mol. The van der Waals surface area contributed by atoms with Gasteiger partial charge in [-0.1, -0.05) is 41.6 Å². The van der Waals surface area contributed by atoms with Crippen LogP contribution in [0.5, 0.6) is 0 Å². The summed E-state index contributed by atoms with van der Waals surface area (Å²) >= 11 is 1.46. The first-order valence-corrected chi connectivity index (χ1v) is 10.1. The number of hydrogen-bond acceptors (Lipinski definition) is 5. The lowest BCUT2D eigenvalue weighted by Crippen LogP contribution is -2.03. The number of thioether (sulfide) groups is 1. The van der Waals surface area contributed by atoms with Gasteiger partial charge in [0.05, 0.1) is 23.9 Å². The van der Waals surface area contributed by atoms with Crippen molar-refractivity contribution in [1.82, 2.24) is 14.5 Å². The molecule has 0 radical (unpaired) electrons. The molecule has 0 fully saturated rings. The van der Waals surface area contributed by atoms with Crippen LogP contribution in [0.25, 0.3) is 11.0 Å². The Balaban J connectivity index is 1.63. The molecule has 0 unspecified atom stereocenters. The van der Waals surface area contributed by atoms with E-state index in [9.17, 15) is 4.79 Å². The second-order valence-electron chi connectivity index (χ2n) is 6.83. The summed E-state index contributed by atoms with van der Waals surface area (Å²) in [7, 11) is 0. The van der Waals surface area contributed by atoms with Crippen LogP contribution >= 0.6 is 11.8 Å². The zero-order valence-electron chi connectivity index (χ0n) is 16.1. The van der Waals surface area contributed by atoms with E-state index in [-0.39, 0.29) is 5.78 Å². The molecule has 5 nitrogen and oxygen atoms in total. The summed E-state index contributed by atoms with van der Waals surface area (Å²) in [5.41, 5.74) is 5.00. The maximum absolute atomic E-state index is 12.6. The summed E-state index contributed by atoms with van der Waals surface area (Å²) in [5.74, 6) is 1.32. The van der Waals surface area contributed by atoms with Gasteiger partial charge in [-0.3, -0.25) is 4.79 Å². The number of aryl methyl sites for hydroxylation is 2. The van der Waals surface area contributed by atoms with Crippen LogP contribution < -0.4 is 0 Å². The number of nitrogens with zero attached hydrogens (tertiary/aromatic N) is 3. The van der Waals surface area contributed by atoms with E-state index in [2.05, 4.69) is 28.4 Å². The summed E-state index contributed by atoms with van der Waals surface area (Å²) in [4.78, 5) is 21.5. The second kappa shape index (κ2) is 7.64. The lowest BCUT2D eigenvalue weighted by atomic mass is 10.1. The third-order valence-electron chi connectivity index (χ3n) is 4.98. The minimum Gasteiger partial charge on any atom is -0.467 e. The van der Waals surface area contributed by atoms with E-state index in [1.807, 2.05) is 43.3 Å². The minimum absolute atomic E-state index is 0.0983. The summed E-state index contributed by atoms with van der Waals surface area (Å²) in [6, 6.07) is 11.5. The Bertz CT molecular complexity index is 1130. The Labute approximate surface area is 167 Å². The van der Waals surface area contributed by atoms with E-state index >= 15 is 0 Å². The maximum atomic E-state index is 12.6. The summed E-state index contributed by atoms with van der Waals surface area (Å²) in [6.07, 6.45) is 3.24. The third-order valence-corrected chi connectivity index (χ3v) is 5.97. The van der Waals surface area contributed by atoms with E-state index in [0.717, 1.165) is 44.2 Å². The molecule has 0 N–H and O–H groups in total. The van der Waals surface area contributed by atoms with Crippen molar-refractivity contribution < 1.29 is 9.21 Å². The largest absolute Gasteiger partial charge is 0.467 e. The van der Waals surface area contributed by atoms with E-state index < -0.39 is 0 Å². The monoisotopic (exact) mass is 391 g/mol. The molecule has 0 amide bonds. The smallest absolute Gasteiger partial charge is 0.173 e. The van der Waals surface area contributed by atoms with Crippen LogP contribution in [-0.2, 0) is 6.54 Å². The van der Waals surface area contributed by atoms with Crippen molar-refractivity contribution in [3.05, 3.63) is 77.1 Å². The number of carbonyl (C=O) groups is 1. The molecule has 4 rings (SSSR count). The van der Waals surface area contributed by atoms with Gasteiger partial charge in [-0.05, 0) is 38.5 Å². The van der Waals surface area contributed by atoms with Crippen LogP contribution in [0.3, 0.4) is 0 Å². The third kappa shape index (κ3) is 3.47. The molecule has 0 bridgehead atoms. The summed E-state index contributed by atoms with van der Waals surface area (Å²) in [5, 5.41) is 1.84. The fourth-order valence-electron chi connectivity index (χ4n) is 3.25. The molecule has 0 saturated carbocycles. The Morgan fingerprint density at radius 2 is 1.89 bits per heavy atom. The Morgan fingerprint density at radius 3 is 2.61 bits per heavy atom. The molecule has 0 atom stereocenters. The molecular weight excluding hydrogens is 370 g/mol. The topological polar surface area (TPSA) is 60.9 Å². The van der Waals surface area contributed by atoms with Gasteiger partial charge in [-0.15, -0.1) is 0 Å². The van der Waals surface area contributed by atoms with Gasteiger partial charge in [0.2, 0.25) is 0 Å². The normalized spacial score (nSPS) is 11.2. The van der Waals surface area contributed by atoms with E-state index in [4.69, 9.17) is 4.42 Å². The van der Waals surface area contributed by atoms with Crippen LogP contribution in [0.15, 0.2) is 58.4 Å². The second-order valence-corrected chi connectivity index (χ2v) is 7.80. The molecule has 28 heavy (non-hydrogen) atoms. The number of aromatic nitrogens is 3. The highest BCUT2D eigenvalue weighted by atomic mass is 32.2. The highest BCUT2D eigenvalue weighted by Gasteiger charge is 2.18. The number of hydrogen-bond donors (Lipinski definition) is 0. The number of ketones is 1. The number of furan rings is 1. The Hall–Kier alpha value is -2.86. The first-order chi connectivity index (χ1) is 13.5. The molecule has 142 valence electrons. The van der Waals surface area contributed by atoms with Crippen LogP contribution in [0.2, 0.25) is 0 Å². The van der Waals surface area contributed by atoms with Gasteiger partial charge < -0.3 is 8.98 Å². The van der Waals surface area contributed by atoms with Gasteiger partial charge in [0, 0.05) is 11.3 Å². The number of carbonyl (C=O) groups excluding carboxylic acids is 1. The molecule has 0 aliphatic carbocycles. The first kappa shape index (κ1) is 18.5. The highest BCUT2D eigenvalue weighted by molar-refractivity contribution is 8.00. The average Bonchev–Trinajstić information content (AvgIpc) is 3.30. The molecule has 6 heteroatoms. The maximum Gasteiger partial charge on any atom is 0.173 e. The molecule has 3 heterocycles. The fourth-order valence-corrected chi connectivity index (χ4v) is 4.20. The zero-order chi connectivity index (χ0) is 19.7. The van der Waals surface area contributed by atoms with Crippen molar-refractivity contribution in [2.24, 2.45) is 0 Å². The van der Waals surface area contributed by atoms with E-state index in [1.54, 1.807) is 12.6 Å². The zero-order valence-corrected chi connectivity index (χ0v) is 16.9. The molecular formula is C22H21N3O2S. The van der Waals surface area contributed by atoms with Crippen LogP contribution in [0.1, 0.15) is 32.9 Å². The van der Waals surface area contributed by atoms with Crippen LogP contribution in [0, 0.1) is 20.8 Å². The number of fused-ring (bicyclic) bond motifs is 1. The van der Waals surface area contributed by atoms with E-state index in [1.165, 1.54) is 11.8 Å². The Morgan fingerprint density at radius 1 is 1.11 bits per heavy atom. The van der Waals surface area contributed by atoms with Gasteiger partial charge >= 0.3 is 0 Å². The van der Waals surface area contributed by atoms with Gasteiger partial charge in [0.25, 0.3) is 0 Å². The molecule has 0 saturated heterocycles. The standard InChI is InChI=1S/C22H21N3O2S/c1-14-6-8-17(9-7-14)19(26)12-28-22-20-15(2)16(3)25(21(20)23-13-24-22)11-18-5-4-10-27-18/h4-10,13H,11-12H2,1-3H3. The quantitative estimate of drug-likeness (QED) is 0.264. The fraction of sp³-hybridized carbons (Fsp3) is 0.227. The van der Waals surface area contributed by atoms with Gasteiger partial charge in [0.15, 0.2) is 5.78 Å². The molecule has 1 aromatic carbocycles. The molecule has 0 aliphatic rings. The van der Waals surface area contributed by atoms with Crippen molar-refractivity contribution in [3.63, 3.8) is 0 Å². The molecule has 0 spiro atoms. The van der Waals surface area contributed by atoms with Gasteiger partial charge in [0.1, 0.15) is 22.8 Å². The lowest BCUT2D eigenvalue weighted by Gasteiger charge is -2.06. The summed E-state index contributed by atoms with van der Waals surface area (Å²) in [6.45, 7) is 6.78. The van der Waals surface area contributed by atoms with Crippen LogP contribution in [-0.4, -0.2) is 26.1 Å². The van der Waals surface area contributed by atoms with Gasteiger partial charge in [-0.25, -0.2) is 9.97 Å². The van der Waals surface area contributed by atoms with Crippen LogP contribution in [0.4, 0.5) is 0 Å². The number of Topliss-reactive ketones (excluding diaryl/α,β-unsaturated/α-hetero) is 1. The van der Waals surface area contributed by atoms with Crippen molar-refractivity contribution in [2.75, 3.05) is 5.75 Å². The first-order valence-electron chi connectivity index (χ1n) is 9.10. The molecule has 3 aromatic heterocycles. The van der Waals surface area contributed by atoms with Crippen molar-refractivity contribution in [3.8, 4) is 0 Å². The predicted molar refractivity (Wildman–Crippen MR) is 111 cm³/mol. The predicted octanol–water partition coefficient (Wildman–Crippen LogP) is 4.97. The number of benzene rings is 1. The van der Waals surface area contributed by atoms with Crippen molar-refractivity contribution in [1.29, 1.82) is 0 Å². The number of rotatable bonds is 6. The molecule has 0 aliphatic heterocycles. The highest BCUT2D eigenvalue weighted by Crippen LogP contribution is 2.32. The van der Waals surface area contributed by atoms with Crippen molar-refractivity contribution >= 4 is 28.6 Å². The molecule has 4 aromatic rings. The van der Waals surface area contributed by atoms with E-state index in [0.29, 0.717) is 12.3 Å². The Kier molecular flexibility index (Phi) is 5.05. The van der Waals surface area contributed by atoms with Gasteiger partial charge in [-0.2, -0.15) is 0 Å². The minimum atomic E-state index is 0.0983. The lowest BCUT2D eigenvalue weighted by molar-refractivity contribution is 0.102. The van der Waals surface area contributed by atoms with Crippen molar-refractivity contribution in [2.45, 2.75) is 32.3 Å². The summed E-state index contributed by atoms with van der Waals surface area (Å²) < 4.78 is 7.64. The SMILES string of the molecule is Cc1ccc(C(=O)CSc2ncnc3c2c(C)c(C)n3Cc2ccco2)cc1.